The Morgan fingerprint density at radius 3 is 2.19 bits per heavy atom. The minimum absolute atomic E-state index is 0.105. The lowest BCUT2D eigenvalue weighted by Gasteiger charge is -2.14. The van der Waals surface area contributed by atoms with E-state index in [-0.39, 0.29) is 12.4 Å². The van der Waals surface area contributed by atoms with E-state index in [1.165, 1.54) is 11.1 Å². The van der Waals surface area contributed by atoms with Crippen LogP contribution in [0.2, 0.25) is 0 Å². The van der Waals surface area contributed by atoms with Gasteiger partial charge in [-0.15, -0.1) is 0 Å². The molecular weight excluding hydrogens is 452 g/mol. The van der Waals surface area contributed by atoms with E-state index >= 15 is 0 Å². The molecule has 5 heteroatoms. The molecule has 0 aliphatic carbocycles. The number of rotatable bonds is 16. The average Bonchev–Trinajstić information content (AvgIpc) is 2.84. The van der Waals surface area contributed by atoms with Crippen LogP contribution in [0.15, 0.2) is 75.0 Å². The van der Waals surface area contributed by atoms with Crippen molar-refractivity contribution in [2.24, 2.45) is 0 Å². The van der Waals surface area contributed by atoms with Gasteiger partial charge in [0.2, 0.25) is 5.75 Å². The molecule has 1 heterocycles. The molecule has 0 unspecified atom stereocenters. The van der Waals surface area contributed by atoms with Crippen LogP contribution in [-0.4, -0.2) is 19.8 Å². The SMILES string of the molecule is CCC=CCCOc1ccc2c(OCCC=CCC)c(OC/C=C(\C)CCC=C(C)C)c(=O)oc2c1. The highest BCUT2D eigenvalue weighted by molar-refractivity contribution is 5.86. The molecule has 0 atom stereocenters. The van der Waals surface area contributed by atoms with Gasteiger partial charge in [-0.2, -0.15) is 0 Å². The topological polar surface area (TPSA) is 57.9 Å². The van der Waals surface area contributed by atoms with Gasteiger partial charge in [0.25, 0.3) is 0 Å². The van der Waals surface area contributed by atoms with Crippen molar-refractivity contribution in [3.05, 3.63) is 76.2 Å². The normalized spacial score (nSPS) is 12.0. The third-order valence-electron chi connectivity index (χ3n) is 5.43. The minimum Gasteiger partial charge on any atom is -0.493 e. The van der Waals surface area contributed by atoms with E-state index in [0.717, 1.165) is 38.5 Å². The van der Waals surface area contributed by atoms with Crippen LogP contribution >= 0.6 is 0 Å². The number of hydrogen-bond donors (Lipinski definition) is 0. The summed E-state index contributed by atoms with van der Waals surface area (Å²) in [6.07, 6.45) is 18.1. The molecule has 0 aliphatic rings. The second-order valence-corrected chi connectivity index (χ2v) is 8.92. The first-order valence-electron chi connectivity index (χ1n) is 13.0. The first-order valence-corrected chi connectivity index (χ1v) is 13.0. The van der Waals surface area contributed by atoms with Gasteiger partial charge in [0.05, 0.1) is 18.6 Å². The Labute approximate surface area is 216 Å². The maximum atomic E-state index is 12.9. The minimum atomic E-state index is -0.555. The van der Waals surface area contributed by atoms with Gasteiger partial charge in [-0.25, -0.2) is 4.79 Å². The van der Waals surface area contributed by atoms with E-state index in [9.17, 15) is 4.79 Å². The molecule has 0 spiro atoms. The first-order chi connectivity index (χ1) is 17.5. The summed E-state index contributed by atoms with van der Waals surface area (Å²) in [7, 11) is 0. The number of hydrogen-bond acceptors (Lipinski definition) is 5. The highest BCUT2D eigenvalue weighted by atomic mass is 16.5. The van der Waals surface area contributed by atoms with Gasteiger partial charge < -0.3 is 18.6 Å². The van der Waals surface area contributed by atoms with Gasteiger partial charge in [-0.05, 0) is 77.5 Å². The van der Waals surface area contributed by atoms with E-state index in [4.69, 9.17) is 18.6 Å². The fourth-order valence-corrected chi connectivity index (χ4v) is 3.49. The molecule has 196 valence electrons. The maximum Gasteiger partial charge on any atom is 0.383 e. The van der Waals surface area contributed by atoms with Crippen molar-refractivity contribution in [2.75, 3.05) is 19.8 Å². The summed E-state index contributed by atoms with van der Waals surface area (Å²) in [5.74, 6) is 1.17. The standard InChI is InChI=1S/C31H42O5/c1-6-8-10-12-20-33-26-17-18-27-28(23-26)36-31(32)30(29(27)34-21-13-11-9-7-2)35-22-19-25(5)16-14-15-24(3)4/h8-11,15,17-19,23H,6-7,12-14,16,20-22H2,1-5H3/b10-8?,11-9?,25-19+. The second-order valence-electron chi connectivity index (χ2n) is 8.92. The molecule has 0 N–H and O–H groups in total. The van der Waals surface area contributed by atoms with E-state index in [1.54, 1.807) is 6.07 Å². The summed E-state index contributed by atoms with van der Waals surface area (Å²) in [5.41, 5.74) is 2.38. The molecule has 0 bridgehead atoms. The van der Waals surface area contributed by atoms with Gasteiger partial charge in [-0.1, -0.05) is 55.4 Å². The second kappa shape index (κ2) is 16.5. The molecule has 0 saturated heterocycles. The van der Waals surface area contributed by atoms with Crippen LogP contribution in [0.1, 0.15) is 73.1 Å². The Morgan fingerprint density at radius 1 is 0.833 bits per heavy atom. The number of fused-ring (bicyclic) bond motifs is 1. The van der Waals surface area contributed by atoms with Crippen LogP contribution in [-0.2, 0) is 0 Å². The largest absolute Gasteiger partial charge is 0.493 e. The lowest BCUT2D eigenvalue weighted by molar-refractivity contribution is 0.279. The van der Waals surface area contributed by atoms with E-state index < -0.39 is 5.63 Å². The third kappa shape index (κ3) is 10.2. The van der Waals surface area contributed by atoms with Crippen LogP contribution in [0.4, 0.5) is 0 Å². The molecule has 2 aromatic rings. The monoisotopic (exact) mass is 494 g/mol. The molecule has 36 heavy (non-hydrogen) atoms. The van der Waals surface area contributed by atoms with Crippen LogP contribution in [0.3, 0.4) is 0 Å². The lowest BCUT2D eigenvalue weighted by Crippen LogP contribution is -2.11. The number of benzene rings is 1. The van der Waals surface area contributed by atoms with Gasteiger partial charge in [-0.3, -0.25) is 0 Å². The zero-order chi connectivity index (χ0) is 26.2. The summed E-state index contributed by atoms with van der Waals surface area (Å²) in [6.45, 7) is 11.7. The maximum absolute atomic E-state index is 12.9. The highest BCUT2D eigenvalue weighted by Crippen LogP contribution is 2.35. The predicted molar refractivity (Wildman–Crippen MR) is 149 cm³/mol. The fourth-order valence-electron chi connectivity index (χ4n) is 3.49. The lowest BCUT2D eigenvalue weighted by atomic mass is 10.1. The molecule has 5 nitrogen and oxygen atoms in total. The van der Waals surface area contributed by atoms with Crippen molar-refractivity contribution in [3.8, 4) is 17.2 Å². The summed E-state index contributed by atoms with van der Waals surface area (Å²) < 4.78 is 23.4. The molecule has 0 aliphatic heterocycles. The Kier molecular flexibility index (Phi) is 13.3. The van der Waals surface area contributed by atoms with Crippen molar-refractivity contribution in [2.45, 2.75) is 73.1 Å². The van der Waals surface area contributed by atoms with Crippen LogP contribution in [0.25, 0.3) is 11.0 Å². The van der Waals surface area contributed by atoms with Crippen molar-refractivity contribution < 1.29 is 18.6 Å². The fraction of sp³-hybridized carbons (Fsp3) is 0.452. The van der Waals surface area contributed by atoms with E-state index in [1.807, 2.05) is 18.2 Å². The molecule has 0 amide bonds. The average molecular weight is 495 g/mol. The zero-order valence-corrected chi connectivity index (χ0v) is 22.6. The van der Waals surface area contributed by atoms with Crippen LogP contribution in [0.5, 0.6) is 17.2 Å². The van der Waals surface area contributed by atoms with Gasteiger partial charge in [0.1, 0.15) is 17.9 Å². The molecule has 0 fully saturated rings. The Balaban J connectivity index is 2.23. The summed E-state index contributed by atoms with van der Waals surface area (Å²) in [4.78, 5) is 12.9. The molecule has 1 aromatic carbocycles. The molecule has 0 radical (unpaired) electrons. The van der Waals surface area contributed by atoms with Crippen molar-refractivity contribution in [1.82, 2.24) is 0 Å². The first kappa shape index (κ1) is 29.0. The predicted octanol–water partition coefficient (Wildman–Crippen LogP) is 8.33. The molecule has 0 saturated carbocycles. The van der Waals surface area contributed by atoms with E-state index in [0.29, 0.717) is 35.7 Å². The smallest absolute Gasteiger partial charge is 0.383 e. The van der Waals surface area contributed by atoms with Gasteiger partial charge in [0.15, 0.2) is 5.75 Å². The van der Waals surface area contributed by atoms with Crippen molar-refractivity contribution >= 4 is 11.0 Å². The van der Waals surface area contributed by atoms with Crippen LogP contribution in [0, 0.1) is 0 Å². The number of allylic oxidation sites excluding steroid dienone is 5. The molecule has 2 rings (SSSR count). The van der Waals surface area contributed by atoms with Crippen LogP contribution < -0.4 is 19.8 Å². The zero-order valence-electron chi connectivity index (χ0n) is 22.6. The Bertz CT molecular complexity index is 1110. The highest BCUT2D eigenvalue weighted by Gasteiger charge is 2.18. The van der Waals surface area contributed by atoms with Gasteiger partial charge >= 0.3 is 5.63 Å². The van der Waals surface area contributed by atoms with Crippen molar-refractivity contribution in [1.29, 1.82) is 0 Å². The summed E-state index contributed by atoms with van der Waals surface area (Å²) >= 11 is 0. The van der Waals surface area contributed by atoms with Gasteiger partial charge in [0, 0.05) is 6.07 Å². The summed E-state index contributed by atoms with van der Waals surface area (Å²) in [5, 5.41) is 0.687. The Hall–Kier alpha value is -3.21. The molecule has 1 aromatic heterocycles. The Morgan fingerprint density at radius 2 is 1.53 bits per heavy atom. The van der Waals surface area contributed by atoms with Crippen molar-refractivity contribution in [3.63, 3.8) is 0 Å². The number of ether oxygens (including phenoxy) is 3. The summed E-state index contributed by atoms with van der Waals surface area (Å²) in [6, 6.07) is 5.47. The van der Waals surface area contributed by atoms with E-state index in [2.05, 4.69) is 65.0 Å². The molecular formula is C31H42O5. The quantitative estimate of drug-likeness (QED) is 0.133. The third-order valence-corrected chi connectivity index (χ3v) is 5.43.